The van der Waals surface area contributed by atoms with Crippen LogP contribution in [0.4, 0.5) is 32.0 Å². The van der Waals surface area contributed by atoms with Gasteiger partial charge in [0.2, 0.25) is 5.91 Å². The van der Waals surface area contributed by atoms with Crippen molar-refractivity contribution in [2.24, 2.45) is 22.7 Å². The summed E-state index contributed by atoms with van der Waals surface area (Å²) in [6.07, 6.45) is -9.41. The van der Waals surface area contributed by atoms with Crippen LogP contribution in [0.1, 0.15) is 44.7 Å². The maximum absolute atomic E-state index is 13.0. The molecule has 0 aromatic heterocycles. The third-order valence-corrected chi connectivity index (χ3v) is 6.78. The summed E-state index contributed by atoms with van der Waals surface area (Å²) in [7, 11) is 0. The second-order valence-electron chi connectivity index (χ2n) is 8.63. The number of anilines is 1. The number of hydrogen-bond acceptors (Lipinski definition) is 3. The van der Waals surface area contributed by atoms with Gasteiger partial charge >= 0.3 is 12.4 Å². The van der Waals surface area contributed by atoms with Crippen LogP contribution < -0.4 is 5.32 Å². The van der Waals surface area contributed by atoms with Gasteiger partial charge in [0.25, 0.3) is 0 Å². The van der Waals surface area contributed by atoms with E-state index in [1.165, 1.54) is 0 Å². The second-order valence-corrected chi connectivity index (χ2v) is 8.63. The Hall–Kier alpha value is -2.39. The molecule has 0 heterocycles. The maximum atomic E-state index is 13.0. The van der Waals surface area contributed by atoms with Crippen LogP contribution in [0.5, 0.6) is 0 Å². The number of Topliss-reactive ketones (excluding diaryl/α,β-unsaturated/α-hetero) is 2. The standard InChI is InChI=1S/C20H19F6NO3/c1-17(2)12-4-5-18(17,3)15(29)13(14(12)28)16(30)27-11-7-9(19(21,22)23)6-10(8-11)20(24,25)26/h6-8,12-13H,4-5H2,1-3H3,(H,27,30)/t12?,13?,18-/m1/s1. The molecule has 0 spiro atoms. The van der Waals surface area contributed by atoms with Gasteiger partial charge < -0.3 is 5.32 Å². The number of hydrogen-bond donors (Lipinski definition) is 1. The highest BCUT2D eigenvalue weighted by Gasteiger charge is 2.66. The van der Waals surface area contributed by atoms with E-state index in [4.69, 9.17) is 0 Å². The first kappa shape index (κ1) is 22.3. The first-order chi connectivity index (χ1) is 13.5. The SMILES string of the molecule is CC1(C)C2CC[C@]1(C)C(=O)C(C(=O)Nc1cc(C(F)(F)F)cc(C(F)(F)F)c1)C2=O. The molecule has 2 aliphatic rings. The van der Waals surface area contributed by atoms with Crippen molar-refractivity contribution in [1.82, 2.24) is 0 Å². The summed E-state index contributed by atoms with van der Waals surface area (Å²) in [5.74, 6) is -4.89. The summed E-state index contributed by atoms with van der Waals surface area (Å²) in [5.41, 5.74) is -5.69. The van der Waals surface area contributed by atoms with Gasteiger partial charge in [0.15, 0.2) is 17.5 Å². The Morgan fingerprint density at radius 3 is 1.93 bits per heavy atom. The quantitative estimate of drug-likeness (QED) is 0.533. The van der Waals surface area contributed by atoms with Gasteiger partial charge in [-0.05, 0) is 36.5 Å². The molecule has 2 saturated carbocycles. The molecular formula is C20H19F6NO3. The van der Waals surface area contributed by atoms with Gasteiger partial charge in [-0.3, -0.25) is 14.4 Å². The molecule has 0 radical (unpaired) electrons. The average Bonchev–Trinajstić information content (AvgIpc) is 2.76. The number of alkyl halides is 6. The van der Waals surface area contributed by atoms with Crippen LogP contribution in [0.15, 0.2) is 18.2 Å². The molecule has 10 heteroatoms. The molecule has 1 amide bonds. The van der Waals surface area contributed by atoms with Gasteiger partial charge in [0, 0.05) is 17.0 Å². The van der Waals surface area contributed by atoms with Crippen molar-refractivity contribution in [3.63, 3.8) is 0 Å². The monoisotopic (exact) mass is 435 g/mol. The molecule has 2 fully saturated rings. The molecule has 1 aromatic rings. The van der Waals surface area contributed by atoms with E-state index >= 15 is 0 Å². The average molecular weight is 435 g/mol. The van der Waals surface area contributed by atoms with Crippen LogP contribution in [0.2, 0.25) is 0 Å². The molecule has 30 heavy (non-hydrogen) atoms. The largest absolute Gasteiger partial charge is 0.416 e. The summed E-state index contributed by atoms with van der Waals surface area (Å²) in [6.45, 7) is 5.13. The number of ketones is 2. The number of rotatable bonds is 2. The van der Waals surface area contributed by atoms with Crippen molar-refractivity contribution in [2.45, 2.75) is 46.0 Å². The van der Waals surface area contributed by atoms with E-state index < -0.39 is 69.3 Å². The molecule has 0 saturated heterocycles. The van der Waals surface area contributed by atoms with E-state index in [1.54, 1.807) is 20.8 Å². The van der Waals surface area contributed by atoms with E-state index in [9.17, 15) is 40.7 Å². The fourth-order valence-corrected chi connectivity index (χ4v) is 4.58. The number of amides is 1. The number of benzene rings is 1. The minimum Gasteiger partial charge on any atom is -0.325 e. The van der Waals surface area contributed by atoms with Gasteiger partial charge in [-0.1, -0.05) is 20.8 Å². The molecule has 2 unspecified atom stereocenters. The molecule has 164 valence electrons. The van der Waals surface area contributed by atoms with Crippen molar-refractivity contribution in [3.8, 4) is 0 Å². The van der Waals surface area contributed by atoms with Crippen LogP contribution in [-0.2, 0) is 26.7 Å². The van der Waals surface area contributed by atoms with Crippen molar-refractivity contribution in [1.29, 1.82) is 0 Å². The number of fused-ring (bicyclic) bond motifs is 2. The smallest absolute Gasteiger partial charge is 0.325 e. The zero-order valence-corrected chi connectivity index (χ0v) is 16.3. The Morgan fingerprint density at radius 2 is 1.47 bits per heavy atom. The normalized spacial score (nSPS) is 28.6. The third kappa shape index (κ3) is 3.30. The van der Waals surface area contributed by atoms with E-state index in [2.05, 4.69) is 0 Å². The first-order valence-corrected chi connectivity index (χ1v) is 9.18. The minimum atomic E-state index is -5.09. The molecule has 1 aromatic carbocycles. The Kier molecular flexibility index (Phi) is 4.87. The fourth-order valence-electron chi connectivity index (χ4n) is 4.58. The second kappa shape index (κ2) is 6.55. The summed E-state index contributed by atoms with van der Waals surface area (Å²) >= 11 is 0. The lowest BCUT2D eigenvalue weighted by Crippen LogP contribution is -2.56. The minimum absolute atomic E-state index is 0.0731. The summed E-state index contributed by atoms with van der Waals surface area (Å²) in [6, 6.07) is 0.604. The van der Waals surface area contributed by atoms with Crippen LogP contribution in [0.25, 0.3) is 0 Å². The predicted octanol–water partition coefficient (Wildman–Crippen LogP) is 4.87. The van der Waals surface area contributed by atoms with Crippen LogP contribution in [0, 0.1) is 22.7 Å². The molecule has 2 aliphatic carbocycles. The van der Waals surface area contributed by atoms with E-state index in [0.29, 0.717) is 25.0 Å². The number of carbonyl (C=O) groups excluding carboxylic acids is 3. The maximum Gasteiger partial charge on any atom is 0.416 e. The molecule has 3 atom stereocenters. The molecular weight excluding hydrogens is 416 g/mol. The van der Waals surface area contributed by atoms with Gasteiger partial charge in [-0.25, -0.2) is 0 Å². The lowest BCUT2D eigenvalue weighted by Gasteiger charge is -2.46. The first-order valence-electron chi connectivity index (χ1n) is 9.18. The van der Waals surface area contributed by atoms with Crippen molar-refractivity contribution in [2.75, 3.05) is 5.32 Å². The van der Waals surface area contributed by atoms with Gasteiger partial charge in [-0.2, -0.15) is 26.3 Å². The van der Waals surface area contributed by atoms with Gasteiger partial charge in [-0.15, -0.1) is 0 Å². The Labute approximate surface area is 168 Å². The van der Waals surface area contributed by atoms with Crippen molar-refractivity contribution in [3.05, 3.63) is 29.3 Å². The lowest BCUT2D eigenvalue weighted by molar-refractivity contribution is -0.156. The Bertz CT molecular complexity index is 901. The summed E-state index contributed by atoms with van der Waals surface area (Å²) in [5, 5.41) is 1.93. The van der Waals surface area contributed by atoms with Crippen molar-refractivity contribution >= 4 is 23.2 Å². The van der Waals surface area contributed by atoms with Crippen LogP contribution in [0.3, 0.4) is 0 Å². The molecule has 4 nitrogen and oxygen atoms in total. The zero-order chi connectivity index (χ0) is 22.9. The highest BCUT2D eigenvalue weighted by molar-refractivity contribution is 6.25. The van der Waals surface area contributed by atoms with E-state index in [1.807, 2.05) is 5.32 Å². The molecule has 3 rings (SSSR count). The summed E-state index contributed by atoms with van der Waals surface area (Å²) in [4.78, 5) is 38.4. The van der Waals surface area contributed by atoms with E-state index in [-0.39, 0.29) is 6.07 Å². The van der Waals surface area contributed by atoms with Crippen molar-refractivity contribution < 1.29 is 40.7 Å². The highest BCUT2D eigenvalue weighted by Crippen LogP contribution is 2.61. The molecule has 0 aliphatic heterocycles. The Morgan fingerprint density at radius 1 is 0.967 bits per heavy atom. The Balaban J connectivity index is 1.97. The summed E-state index contributed by atoms with van der Waals surface area (Å²) < 4.78 is 78.1. The lowest BCUT2D eigenvalue weighted by atomic mass is 9.55. The van der Waals surface area contributed by atoms with Crippen LogP contribution in [-0.4, -0.2) is 17.5 Å². The third-order valence-electron chi connectivity index (χ3n) is 6.78. The molecule has 1 N–H and O–H groups in total. The topological polar surface area (TPSA) is 63.2 Å². The number of nitrogens with one attached hydrogen (secondary N) is 1. The van der Waals surface area contributed by atoms with Crippen LogP contribution >= 0.6 is 0 Å². The van der Waals surface area contributed by atoms with Gasteiger partial charge in [0.05, 0.1) is 11.1 Å². The van der Waals surface area contributed by atoms with Gasteiger partial charge in [0.1, 0.15) is 0 Å². The zero-order valence-electron chi connectivity index (χ0n) is 16.3. The number of carbonyl (C=O) groups is 3. The number of halogens is 6. The molecule has 2 bridgehead atoms. The predicted molar refractivity (Wildman–Crippen MR) is 93.2 cm³/mol. The fraction of sp³-hybridized carbons (Fsp3) is 0.550. The van der Waals surface area contributed by atoms with E-state index in [0.717, 1.165) is 0 Å². The highest BCUT2D eigenvalue weighted by atomic mass is 19.4.